The van der Waals surface area contributed by atoms with Crippen molar-refractivity contribution in [3.05, 3.63) is 64.1 Å². The molecule has 0 bridgehead atoms. The Labute approximate surface area is 155 Å². The van der Waals surface area contributed by atoms with E-state index in [9.17, 15) is 9.59 Å². The third kappa shape index (κ3) is 6.68. The minimum atomic E-state index is -0.540. The highest BCUT2D eigenvalue weighted by molar-refractivity contribution is 9.10. The molecule has 0 unspecified atom stereocenters. The van der Waals surface area contributed by atoms with E-state index in [1.807, 2.05) is 26.0 Å². The number of ether oxygens (including phenoxy) is 2. The number of nitrogens with one attached hydrogen (secondary N) is 1. The summed E-state index contributed by atoms with van der Waals surface area (Å²) in [5, 5.41) is 2.66. The lowest BCUT2D eigenvalue weighted by atomic mass is 10.1. The van der Waals surface area contributed by atoms with Crippen LogP contribution in [0.4, 0.5) is 5.69 Å². The van der Waals surface area contributed by atoms with Crippen molar-refractivity contribution in [1.29, 1.82) is 0 Å². The van der Waals surface area contributed by atoms with Crippen molar-refractivity contribution in [2.75, 3.05) is 11.9 Å². The molecule has 2 rings (SSSR count). The molecule has 1 amide bonds. The fourth-order valence-corrected chi connectivity index (χ4v) is 2.21. The molecule has 0 saturated carbocycles. The number of esters is 1. The molecule has 0 saturated heterocycles. The number of rotatable bonds is 7. The van der Waals surface area contributed by atoms with Gasteiger partial charge in [-0.25, -0.2) is 4.79 Å². The van der Waals surface area contributed by atoms with Crippen LogP contribution in [0.5, 0.6) is 0 Å². The SMILES string of the molecule is CC(C)OCc1ccc(C(=O)OCC(=O)Nc2ccc(Br)cc2)cc1. The van der Waals surface area contributed by atoms with Crippen LogP contribution >= 0.6 is 15.9 Å². The van der Waals surface area contributed by atoms with Gasteiger partial charge >= 0.3 is 5.97 Å². The van der Waals surface area contributed by atoms with E-state index in [1.54, 1.807) is 36.4 Å². The minimum absolute atomic E-state index is 0.147. The zero-order valence-corrected chi connectivity index (χ0v) is 15.7. The maximum Gasteiger partial charge on any atom is 0.338 e. The second-order valence-electron chi connectivity index (χ2n) is 5.69. The standard InChI is InChI=1S/C19H20BrNO4/c1-13(2)24-11-14-3-5-15(6-4-14)19(23)25-12-18(22)21-17-9-7-16(20)8-10-17/h3-10,13H,11-12H2,1-2H3,(H,21,22). The number of halogens is 1. The summed E-state index contributed by atoms with van der Waals surface area (Å²) in [6.07, 6.45) is 0.147. The second-order valence-corrected chi connectivity index (χ2v) is 6.60. The van der Waals surface area contributed by atoms with Gasteiger partial charge in [-0.1, -0.05) is 28.1 Å². The molecule has 0 aliphatic heterocycles. The first-order valence-electron chi connectivity index (χ1n) is 7.87. The predicted molar refractivity (Wildman–Crippen MR) is 99.4 cm³/mol. The van der Waals surface area contributed by atoms with Gasteiger partial charge in [0.05, 0.1) is 18.3 Å². The van der Waals surface area contributed by atoms with Crippen molar-refractivity contribution in [3.8, 4) is 0 Å². The number of amides is 1. The molecule has 0 spiro atoms. The summed E-state index contributed by atoms with van der Waals surface area (Å²) < 4.78 is 11.4. The molecular formula is C19H20BrNO4. The Morgan fingerprint density at radius 2 is 1.68 bits per heavy atom. The van der Waals surface area contributed by atoms with Crippen molar-refractivity contribution in [1.82, 2.24) is 0 Å². The fourth-order valence-electron chi connectivity index (χ4n) is 1.94. The predicted octanol–water partition coefficient (Wildman–Crippen LogP) is 4.17. The van der Waals surface area contributed by atoms with Gasteiger partial charge in [0.2, 0.25) is 0 Å². The van der Waals surface area contributed by atoms with Crippen LogP contribution in [0.15, 0.2) is 53.0 Å². The van der Waals surface area contributed by atoms with Gasteiger partial charge in [0.25, 0.3) is 5.91 Å². The fraction of sp³-hybridized carbons (Fsp3) is 0.263. The van der Waals surface area contributed by atoms with Gasteiger partial charge in [-0.05, 0) is 55.8 Å². The van der Waals surface area contributed by atoms with Crippen LogP contribution < -0.4 is 5.32 Å². The zero-order valence-electron chi connectivity index (χ0n) is 14.1. The van der Waals surface area contributed by atoms with Crippen molar-refractivity contribution >= 4 is 33.5 Å². The van der Waals surface area contributed by atoms with Crippen molar-refractivity contribution < 1.29 is 19.1 Å². The number of carbonyl (C=O) groups excluding carboxylic acids is 2. The zero-order chi connectivity index (χ0) is 18.2. The Balaban J connectivity index is 1.81. The van der Waals surface area contributed by atoms with Gasteiger partial charge in [0, 0.05) is 10.2 Å². The third-order valence-electron chi connectivity index (χ3n) is 3.24. The lowest BCUT2D eigenvalue weighted by molar-refractivity contribution is -0.119. The smallest absolute Gasteiger partial charge is 0.338 e. The maximum atomic E-state index is 12.0. The normalized spacial score (nSPS) is 10.6. The molecule has 0 aliphatic rings. The molecule has 2 aromatic rings. The van der Waals surface area contributed by atoms with Gasteiger partial charge in [0.15, 0.2) is 6.61 Å². The lowest BCUT2D eigenvalue weighted by Crippen LogP contribution is -2.20. The minimum Gasteiger partial charge on any atom is -0.452 e. The summed E-state index contributed by atoms with van der Waals surface area (Å²) in [6, 6.07) is 14.1. The topological polar surface area (TPSA) is 64.6 Å². The average Bonchev–Trinajstić information content (AvgIpc) is 2.60. The van der Waals surface area contributed by atoms with Gasteiger partial charge < -0.3 is 14.8 Å². The van der Waals surface area contributed by atoms with Crippen LogP contribution in [0.1, 0.15) is 29.8 Å². The molecule has 25 heavy (non-hydrogen) atoms. The van der Waals surface area contributed by atoms with Crippen LogP contribution in [0.2, 0.25) is 0 Å². The monoisotopic (exact) mass is 405 g/mol. The molecule has 1 N–H and O–H groups in total. The van der Waals surface area contributed by atoms with Crippen LogP contribution in [0.25, 0.3) is 0 Å². The highest BCUT2D eigenvalue weighted by atomic mass is 79.9. The first-order chi connectivity index (χ1) is 11.9. The molecule has 132 valence electrons. The van der Waals surface area contributed by atoms with Crippen molar-refractivity contribution in [2.45, 2.75) is 26.6 Å². The Morgan fingerprint density at radius 3 is 2.28 bits per heavy atom. The van der Waals surface area contributed by atoms with E-state index in [0.29, 0.717) is 17.9 Å². The first-order valence-corrected chi connectivity index (χ1v) is 8.66. The van der Waals surface area contributed by atoms with E-state index >= 15 is 0 Å². The number of hydrogen-bond acceptors (Lipinski definition) is 4. The molecule has 0 atom stereocenters. The van der Waals surface area contributed by atoms with E-state index in [2.05, 4.69) is 21.2 Å². The Bertz CT molecular complexity index is 711. The summed E-state index contributed by atoms with van der Waals surface area (Å²) >= 11 is 3.32. The average molecular weight is 406 g/mol. The Morgan fingerprint density at radius 1 is 1.04 bits per heavy atom. The highest BCUT2D eigenvalue weighted by Crippen LogP contribution is 2.14. The van der Waals surface area contributed by atoms with Crippen LogP contribution in [0, 0.1) is 0 Å². The van der Waals surface area contributed by atoms with Crippen molar-refractivity contribution in [3.63, 3.8) is 0 Å². The van der Waals surface area contributed by atoms with Crippen molar-refractivity contribution in [2.24, 2.45) is 0 Å². The number of benzene rings is 2. The van der Waals surface area contributed by atoms with E-state index in [-0.39, 0.29) is 12.7 Å². The van der Waals surface area contributed by atoms with E-state index in [1.165, 1.54) is 0 Å². The molecule has 6 heteroatoms. The molecule has 0 aliphatic carbocycles. The molecule has 2 aromatic carbocycles. The lowest BCUT2D eigenvalue weighted by Gasteiger charge is -2.09. The molecular weight excluding hydrogens is 386 g/mol. The van der Waals surface area contributed by atoms with Gasteiger partial charge in [0.1, 0.15) is 0 Å². The Hall–Kier alpha value is -2.18. The molecule has 0 fully saturated rings. The summed E-state index contributed by atoms with van der Waals surface area (Å²) in [7, 11) is 0. The van der Waals surface area contributed by atoms with Gasteiger partial charge in [-0.2, -0.15) is 0 Å². The largest absolute Gasteiger partial charge is 0.452 e. The maximum absolute atomic E-state index is 12.0. The molecule has 0 aromatic heterocycles. The van der Waals surface area contributed by atoms with Crippen LogP contribution in [-0.2, 0) is 20.9 Å². The Kier molecular flexibility index (Phi) is 7.16. The summed E-state index contributed by atoms with van der Waals surface area (Å²) in [6.45, 7) is 4.08. The van der Waals surface area contributed by atoms with E-state index in [4.69, 9.17) is 9.47 Å². The quantitative estimate of drug-likeness (QED) is 0.701. The second kappa shape index (κ2) is 9.34. The molecule has 0 heterocycles. The molecule has 0 radical (unpaired) electrons. The van der Waals surface area contributed by atoms with Gasteiger partial charge in [-0.15, -0.1) is 0 Å². The summed E-state index contributed by atoms with van der Waals surface area (Å²) in [5.74, 6) is -0.931. The third-order valence-corrected chi connectivity index (χ3v) is 3.76. The summed E-state index contributed by atoms with van der Waals surface area (Å²) in [5.41, 5.74) is 2.00. The van der Waals surface area contributed by atoms with Crippen LogP contribution in [-0.4, -0.2) is 24.6 Å². The summed E-state index contributed by atoms with van der Waals surface area (Å²) in [4.78, 5) is 23.8. The number of anilines is 1. The first kappa shape index (κ1) is 19.1. The van der Waals surface area contributed by atoms with Gasteiger partial charge in [-0.3, -0.25) is 4.79 Å². The highest BCUT2D eigenvalue weighted by Gasteiger charge is 2.10. The van der Waals surface area contributed by atoms with Crippen LogP contribution in [0.3, 0.4) is 0 Å². The molecule has 5 nitrogen and oxygen atoms in total. The number of carbonyl (C=O) groups is 2. The van der Waals surface area contributed by atoms with E-state index < -0.39 is 11.9 Å². The van der Waals surface area contributed by atoms with E-state index in [0.717, 1.165) is 10.0 Å². The number of hydrogen-bond donors (Lipinski definition) is 1.